The average molecular weight is 400 g/mol. The Labute approximate surface area is 170 Å². The van der Waals surface area contributed by atoms with Crippen LogP contribution in [-0.4, -0.2) is 35.4 Å². The lowest BCUT2D eigenvalue weighted by Crippen LogP contribution is -2.39. The van der Waals surface area contributed by atoms with Crippen LogP contribution in [0.2, 0.25) is 0 Å². The Morgan fingerprint density at radius 2 is 2.04 bits per heavy atom. The molecule has 7 heteroatoms. The lowest BCUT2D eigenvalue weighted by Gasteiger charge is -2.12. The highest BCUT2D eigenvalue weighted by molar-refractivity contribution is 7.09. The van der Waals surface area contributed by atoms with Gasteiger partial charge in [-0.3, -0.25) is 9.67 Å². The van der Waals surface area contributed by atoms with E-state index in [9.17, 15) is 0 Å². The summed E-state index contributed by atoms with van der Waals surface area (Å²) in [7, 11) is 0. The summed E-state index contributed by atoms with van der Waals surface area (Å²) in [6.07, 6.45) is 4.51. The Hall–Kier alpha value is -2.54. The third kappa shape index (κ3) is 6.56. The number of nitrogens with zero attached hydrogens (tertiary/aromatic N) is 3. The summed E-state index contributed by atoms with van der Waals surface area (Å²) in [5.74, 6) is 1.84. The number of aliphatic imine (C=N–C) groups is 1. The van der Waals surface area contributed by atoms with Gasteiger partial charge in [0.1, 0.15) is 5.76 Å². The predicted molar refractivity (Wildman–Crippen MR) is 115 cm³/mol. The zero-order chi connectivity index (χ0) is 19.6. The first-order valence-electron chi connectivity index (χ1n) is 9.79. The van der Waals surface area contributed by atoms with E-state index >= 15 is 0 Å². The van der Waals surface area contributed by atoms with Crippen LogP contribution in [0.3, 0.4) is 0 Å². The summed E-state index contributed by atoms with van der Waals surface area (Å²) in [6, 6.07) is 10.3. The van der Waals surface area contributed by atoms with Gasteiger partial charge in [-0.25, -0.2) is 0 Å². The summed E-state index contributed by atoms with van der Waals surface area (Å²) >= 11 is 1.79. The minimum absolute atomic E-state index is 0.757. The fraction of sp³-hybridized carbons (Fsp3) is 0.429. The second kappa shape index (κ2) is 10.7. The number of thiophene rings is 1. The molecule has 28 heavy (non-hydrogen) atoms. The second-order valence-corrected chi connectivity index (χ2v) is 7.78. The van der Waals surface area contributed by atoms with Gasteiger partial charge < -0.3 is 15.1 Å². The van der Waals surface area contributed by atoms with Gasteiger partial charge in [-0.1, -0.05) is 6.07 Å². The Morgan fingerprint density at radius 1 is 1.18 bits per heavy atom. The first-order valence-corrected chi connectivity index (χ1v) is 10.7. The smallest absolute Gasteiger partial charge is 0.191 e. The molecule has 0 aliphatic rings. The number of nitrogens with one attached hydrogen (secondary N) is 2. The fourth-order valence-corrected chi connectivity index (χ4v) is 3.71. The molecular formula is C21H29N5OS. The van der Waals surface area contributed by atoms with Gasteiger partial charge in [0.15, 0.2) is 5.96 Å². The molecule has 3 aromatic heterocycles. The maximum Gasteiger partial charge on any atom is 0.191 e. The summed E-state index contributed by atoms with van der Waals surface area (Å²) in [5.41, 5.74) is 2.27. The Bertz CT molecular complexity index is 794. The Balaban J connectivity index is 1.46. The molecule has 0 saturated heterocycles. The van der Waals surface area contributed by atoms with Gasteiger partial charge in [-0.2, -0.15) is 5.10 Å². The average Bonchev–Trinajstić information content (AvgIpc) is 3.42. The molecule has 0 unspecified atom stereocenters. The SMILES string of the molecule is Cc1cc(C)n(CCCN=C(NCCc2ccco2)NCCc2cccs2)n1. The van der Waals surface area contributed by atoms with Crippen LogP contribution in [0.25, 0.3) is 0 Å². The molecule has 150 valence electrons. The molecule has 0 radical (unpaired) electrons. The van der Waals surface area contributed by atoms with Crippen LogP contribution < -0.4 is 10.6 Å². The van der Waals surface area contributed by atoms with E-state index in [0.29, 0.717) is 0 Å². The van der Waals surface area contributed by atoms with Crippen LogP contribution in [-0.2, 0) is 19.4 Å². The molecule has 6 nitrogen and oxygen atoms in total. The third-order valence-corrected chi connectivity index (χ3v) is 5.33. The van der Waals surface area contributed by atoms with Gasteiger partial charge in [0.25, 0.3) is 0 Å². The van der Waals surface area contributed by atoms with Crippen molar-refractivity contribution in [3.63, 3.8) is 0 Å². The molecule has 0 saturated carbocycles. The van der Waals surface area contributed by atoms with Crippen LogP contribution in [0.5, 0.6) is 0 Å². The van der Waals surface area contributed by atoms with E-state index in [2.05, 4.69) is 50.9 Å². The first kappa shape index (κ1) is 20.2. The molecule has 3 heterocycles. The molecule has 0 aliphatic carbocycles. The van der Waals surface area contributed by atoms with Crippen molar-refractivity contribution in [2.45, 2.75) is 39.7 Å². The minimum Gasteiger partial charge on any atom is -0.469 e. The van der Waals surface area contributed by atoms with Gasteiger partial charge >= 0.3 is 0 Å². The van der Waals surface area contributed by atoms with Crippen molar-refractivity contribution < 1.29 is 4.42 Å². The highest BCUT2D eigenvalue weighted by Gasteiger charge is 2.03. The highest BCUT2D eigenvalue weighted by Crippen LogP contribution is 2.08. The van der Waals surface area contributed by atoms with Crippen molar-refractivity contribution in [3.8, 4) is 0 Å². The topological polar surface area (TPSA) is 67.4 Å². The van der Waals surface area contributed by atoms with E-state index in [1.165, 1.54) is 10.6 Å². The van der Waals surface area contributed by atoms with Gasteiger partial charge in [0, 0.05) is 43.2 Å². The van der Waals surface area contributed by atoms with Gasteiger partial charge in [-0.05, 0) is 56.3 Å². The normalized spacial score (nSPS) is 11.7. The number of hydrogen-bond donors (Lipinski definition) is 2. The second-order valence-electron chi connectivity index (χ2n) is 6.75. The Kier molecular flexibility index (Phi) is 7.72. The molecule has 3 aromatic rings. The monoisotopic (exact) mass is 399 g/mol. The van der Waals surface area contributed by atoms with E-state index in [-0.39, 0.29) is 0 Å². The van der Waals surface area contributed by atoms with Gasteiger partial charge in [0.2, 0.25) is 0 Å². The predicted octanol–water partition coefficient (Wildman–Crippen LogP) is 3.57. The number of guanidine groups is 1. The van der Waals surface area contributed by atoms with Crippen molar-refractivity contribution in [3.05, 3.63) is 64.0 Å². The lowest BCUT2D eigenvalue weighted by atomic mass is 10.3. The van der Waals surface area contributed by atoms with Gasteiger partial charge in [-0.15, -0.1) is 11.3 Å². The zero-order valence-corrected chi connectivity index (χ0v) is 17.5. The first-order chi connectivity index (χ1) is 13.7. The highest BCUT2D eigenvalue weighted by atomic mass is 32.1. The summed E-state index contributed by atoms with van der Waals surface area (Å²) in [4.78, 5) is 6.12. The minimum atomic E-state index is 0.757. The van der Waals surface area contributed by atoms with Crippen molar-refractivity contribution in [1.82, 2.24) is 20.4 Å². The van der Waals surface area contributed by atoms with Crippen LogP contribution in [0, 0.1) is 13.8 Å². The van der Waals surface area contributed by atoms with E-state index in [4.69, 9.17) is 9.41 Å². The molecule has 0 aliphatic heterocycles. The summed E-state index contributed by atoms with van der Waals surface area (Å²) < 4.78 is 7.45. The molecule has 3 rings (SSSR count). The maximum absolute atomic E-state index is 5.40. The van der Waals surface area contributed by atoms with Crippen LogP contribution >= 0.6 is 11.3 Å². The molecular weight excluding hydrogens is 370 g/mol. The van der Waals surface area contributed by atoms with Crippen LogP contribution in [0.4, 0.5) is 0 Å². The third-order valence-electron chi connectivity index (χ3n) is 4.39. The fourth-order valence-electron chi connectivity index (χ4n) is 3.00. The number of rotatable bonds is 10. The number of aromatic nitrogens is 2. The maximum atomic E-state index is 5.40. The molecule has 0 spiro atoms. The summed E-state index contributed by atoms with van der Waals surface area (Å²) in [5, 5.41) is 13.5. The molecule has 2 N–H and O–H groups in total. The van der Waals surface area contributed by atoms with Crippen molar-refractivity contribution in [2.75, 3.05) is 19.6 Å². The molecule has 0 fully saturated rings. The van der Waals surface area contributed by atoms with E-state index in [0.717, 1.165) is 62.9 Å². The number of hydrogen-bond acceptors (Lipinski definition) is 4. The van der Waals surface area contributed by atoms with Crippen LogP contribution in [0.1, 0.15) is 28.4 Å². The zero-order valence-electron chi connectivity index (χ0n) is 16.6. The van der Waals surface area contributed by atoms with Crippen molar-refractivity contribution >= 4 is 17.3 Å². The standard InChI is InChI=1S/C21H29N5OS/c1-17-16-18(2)26(25-17)13-5-10-22-21(23-11-8-19-6-3-14-27-19)24-12-9-20-7-4-15-28-20/h3-4,6-7,14-16H,5,8-13H2,1-2H3,(H2,22,23,24). The van der Waals surface area contributed by atoms with Crippen molar-refractivity contribution in [2.24, 2.45) is 4.99 Å². The number of furan rings is 1. The molecule has 0 bridgehead atoms. The van der Waals surface area contributed by atoms with Crippen molar-refractivity contribution in [1.29, 1.82) is 0 Å². The molecule has 0 aromatic carbocycles. The van der Waals surface area contributed by atoms with Crippen LogP contribution in [0.15, 0.2) is 51.4 Å². The van der Waals surface area contributed by atoms with E-state index in [1.54, 1.807) is 17.6 Å². The lowest BCUT2D eigenvalue weighted by molar-refractivity contribution is 0.506. The van der Waals surface area contributed by atoms with E-state index < -0.39 is 0 Å². The molecule has 0 atom stereocenters. The number of aryl methyl sites for hydroxylation is 3. The quantitative estimate of drug-likeness (QED) is 0.311. The largest absolute Gasteiger partial charge is 0.469 e. The van der Waals surface area contributed by atoms with Gasteiger partial charge in [0.05, 0.1) is 12.0 Å². The Morgan fingerprint density at radius 3 is 2.71 bits per heavy atom. The summed E-state index contributed by atoms with van der Waals surface area (Å²) in [6.45, 7) is 7.42. The molecule has 0 amide bonds. The van der Waals surface area contributed by atoms with E-state index in [1.807, 2.05) is 19.1 Å².